The lowest BCUT2D eigenvalue weighted by molar-refractivity contribution is -0.122. The Hall–Kier alpha value is -1.56. The molecule has 0 saturated heterocycles. The number of aryl methyl sites for hydroxylation is 1. The molecule has 3 nitrogen and oxygen atoms in total. The number of hydrogen-bond donors (Lipinski definition) is 1. The predicted octanol–water partition coefficient (Wildman–Crippen LogP) is 4.01. The van der Waals surface area contributed by atoms with Crippen LogP contribution in [0, 0.1) is 10.5 Å². The Morgan fingerprint density at radius 1 is 1.20 bits per heavy atom. The van der Waals surface area contributed by atoms with Gasteiger partial charge in [-0.15, -0.1) is 0 Å². The van der Waals surface area contributed by atoms with Crippen molar-refractivity contribution in [2.45, 2.75) is 20.0 Å². The standard InChI is InChI=1S/C16H16INO2/c1-11-5-3-8-15(9-11)20-12(2)16(19)18-14-7-4-6-13(17)10-14/h3-10,12H,1-2H3,(H,18,19)/t12-/m1/s1. The molecule has 0 aromatic heterocycles. The number of ether oxygens (including phenoxy) is 1. The van der Waals surface area contributed by atoms with E-state index in [9.17, 15) is 4.79 Å². The largest absolute Gasteiger partial charge is 0.481 e. The van der Waals surface area contributed by atoms with Gasteiger partial charge in [-0.25, -0.2) is 0 Å². The first-order chi connectivity index (χ1) is 9.54. The molecule has 1 amide bonds. The molecule has 1 atom stereocenters. The highest BCUT2D eigenvalue weighted by molar-refractivity contribution is 14.1. The fourth-order valence-corrected chi connectivity index (χ4v) is 2.30. The molecule has 1 N–H and O–H groups in total. The van der Waals surface area contributed by atoms with E-state index < -0.39 is 6.10 Å². The molecule has 0 aliphatic carbocycles. The van der Waals surface area contributed by atoms with Crippen LogP contribution in [0.4, 0.5) is 5.69 Å². The molecule has 104 valence electrons. The smallest absolute Gasteiger partial charge is 0.265 e. The molecule has 2 aromatic rings. The molecular weight excluding hydrogens is 365 g/mol. The summed E-state index contributed by atoms with van der Waals surface area (Å²) in [4.78, 5) is 12.1. The van der Waals surface area contributed by atoms with Gasteiger partial charge in [0.1, 0.15) is 5.75 Å². The van der Waals surface area contributed by atoms with Crippen molar-refractivity contribution < 1.29 is 9.53 Å². The van der Waals surface area contributed by atoms with E-state index in [0.29, 0.717) is 5.75 Å². The third kappa shape index (κ3) is 4.23. The fourth-order valence-electron chi connectivity index (χ4n) is 1.76. The maximum atomic E-state index is 12.1. The second-order valence-electron chi connectivity index (χ2n) is 4.58. The van der Waals surface area contributed by atoms with E-state index in [1.807, 2.05) is 55.5 Å². The van der Waals surface area contributed by atoms with Crippen LogP contribution in [0.25, 0.3) is 0 Å². The van der Waals surface area contributed by atoms with E-state index in [0.717, 1.165) is 14.8 Å². The lowest BCUT2D eigenvalue weighted by Gasteiger charge is -2.15. The summed E-state index contributed by atoms with van der Waals surface area (Å²) in [5.74, 6) is 0.545. The Kier molecular flexibility index (Phi) is 5.00. The summed E-state index contributed by atoms with van der Waals surface area (Å²) in [5.41, 5.74) is 1.88. The minimum atomic E-state index is -0.547. The van der Waals surface area contributed by atoms with E-state index in [4.69, 9.17) is 4.74 Å². The van der Waals surface area contributed by atoms with Gasteiger partial charge in [-0.3, -0.25) is 4.79 Å². The Balaban J connectivity index is 1.98. The molecule has 20 heavy (non-hydrogen) atoms. The molecular formula is C16H16INO2. The monoisotopic (exact) mass is 381 g/mol. The molecule has 0 saturated carbocycles. The zero-order valence-corrected chi connectivity index (χ0v) is 13.5. The molecule has 4 heteroatoms. The highest BCUT2D eigenvalue weighted by Gasteiger charge is 2.14. The zero-order chi connectivity index (χ0) is 14.5. The molecule has 0 aliphatic heterocycles. The lowest BCUT2D eigenvalue weighted by Crippen LogP contribution is -2.30. The summed E-state index contributed by atoms with van der Waals surface area (Å²) >= 11 is 2.21. The zero-order valence-electron chi connectivity index (χ0n) is 11.4. The first kappa shape index (κ1) is 14.8. The van der Waals surface area contributed by atoms with Crippen molar-refractivity contribution in [2.75, 3.05) is 5.32 Å². The van der Waals surface area contributed by atoms with E-state index in [2.05, 4.69) is 27.9 Å². The van der Waals surface area contributed by atoms with Crippen molar-refractivity contribution in [2.24, 2.45) is 0 Å². The molecule has 0 bridgehead atoms. The van der Waals surface area contributed by atoms with Crippen molar-refractivity contribution in [1.29, 1.82) is 0 Å². The molecule has 0 aliphatic rings. The summed E-state index contributed by atoms with van der Waals surface area (Å²) in [6.45, 7) is 3.73. The molecule has 0 heterocycles. The van der Waals surface area contributed by atoms with Crippen molar-refractivity contribution in [3.8, 4) is 5.75 Å². The van der Waals surface area contributed by atoms with Gasteiger partial charge in [-0.1, -0.05) is 18.2 Å². The van der Waals surface area contributed by atoms with Crippen LogP contribution in [0.15, 0.2) is 48.5 Å². The van der Waals surface area contributed by atoms with Crippen LogP contribution in [-0.2, 0) is 4.79 Å². The first-order valence-electron chi connectivity index (χ1n) is 6.34. The van der Waals surface area contributed by atoms with Gasteiger partial charge in [-0.05, 0) is 72.3 Å². The third-order valence-electron chi connectivity index (χ3n) is 2.76. The van der Waals surface area contributed by atoms with E-state index in [1.54, 1.807) is 6.92 Å². The van der Waals surface area contributed by atoms with Crippen molar-refractivity contribution in [1.82, 2.24) is 0 Å². The third-order valence-corrected chi connectivity index (χ3v) is 3.43. The molecule has 2 aromatic carbocycles. The van der Waals surface area contributed by atoms with E-state index in [-0.39, 0.29) is 5.91 Å². The Bertz CT molecular complexity index is 613. The maximum Gasteiger partial charge on any atom is 0.265 e. The van der Waals surface area contributed by atoms with Crippen molar-refractivity contribution in [3.63, 3.8) is 0 Å². The van der Waals surface area contributed by atoms with Crippen LogP contribution in [-0.4, -0.2) is 12.0 Å². The van der Waals surface area contributed by atoms with Crippen molar-refractivity contribution >= 4 is 34.2 Å². The van der Waals surface area contributed by atoms with Crippen LogP contribution >= 0.6 is 22.6 Å². The summed E-state index contributed by atoms with van der Waals surface area (Å²) in [6.07, 6.45) is -0.547. The molecule has 0 spiro atoms. The highest BCUT2D eigenvalue weighted by Crippen LogP contribution is 2.16. The average molecular weight is 381 g/mol. The fraction of sp³-hybridized carbons (Fsp3) is 0.188. The average Bonchev–Trinajstić information content (AvgIpc) is 2.38. The number of carbonyl (C=O) groups is 1. The molecule has 0 unspecified atom stereocenters. The van der Waals surface area contributed by atoms with Gasteiger partial charge in [0.15, 0.2) is 6.10 Å². The van der Waals surface area contributed by atoms with E-state index in [1.165, 1.54) is 0 Å². The Morgan fingerprint density at radius 3 is 2.65 bits per heavy atom. The van der Waals surface area contributed by atoms with Gasteiger partial charge >= 0.3 is 0 Å². The summed E-state index contributed by atoms with van der Waals surface area (Å²) in [6, 6.07) is 15.3. The maximum absolute atomic E-state index is 12.1. The van der Waals surface area contributed by atoms with Gasteiger partial charge in [0.2, 0.25) is 0 Å². The van der Waals surface area contributed by atoms with E-state index >= 15 is 0 Å². The summed E-state index contributed by atoms with van der Waals surface area (Å²) in [5, 5.41) is 2.85. The number of hydrogen-bond acceptors (Lipinski definition) is 2. The minimum absolute atomic E-state index is 0.159. The minimum Gasteiger partial charge on any atom is -0.481 e. The lowest BCUT2D eigenvalue weighted by atomic mass is 10.2. The topological polar surface area (TPSA) is 38.3 Å². The number of nitrogens with one attached hydrogen (secondary N) is 1. The number of rotatable bonds is 4. The van der Waals surface area contributed by atoms with Gasteiger partial charge in [0.25, 0.3) is 5.91 Å². The second-order valence-corrected chi connectivity index (χ2v) is 5.82. The number of halogens is 1. The SMILES string of the molecule is Cc1cccc(O[C@H](C)C(=O)Nc2cccc(I)c2)c1. The Morgan fingerprint density at radius 2 is 1.95 bits per heavy atom. The normalized spacial score (nSPS) is 11.8. The van der Waals surface area contributed by atoms with Crippen molar-refractivity contribution in [3.05, 3.63) is 57.7 Å². The van der Waals surface area contributed by atoms with Crippen LogP contribution in [0.2, 0.25) is 0 Å². The second kappa shape index (κ2) is 6.74. The Labute approximate surface area is 132 Å². The van der Waals surface area contributed by atoms with Crippen LogP contribution in [0.5, 0.6) is 5.75 Å². The van der Waals surface area contributed by atoms with Crippen LogP contribution in [0.3, 0.4) is 0 Å². The van der Waals surface area contributed by atoms with Gasteiger partial charge in [-0.2, -0.15) is 0 Å². The number of anilines is 1. The predicted molar refractivity (Wildman–Crippen MR) is 89.1 cm³/mol. The molecule has 0 fully saturated rings. The van der Waals surface area contributed by atoms with Gasteiger partial charge in [0, 0.05) is 9.26 Å². The van der Waals surface area contributed by atoms with Crippen LogP contribution < -0.4 is 10.1 Å². The van der Waals surface area contributed by atoms with Gasteiger partial charge < -0.3 is 10.1 Å². The number of benzene rings is 2. The number of carbonyl (C=O) groups excluding carboxylic acids is 1. The van der Waals surface area contributed by atoms with Gasteiger partial charge in [0.05, 0.1) is 0 Å². The quantitative estimate of drug-likeness (QED) is 0.813. The highest BCUT2D eigenvalue weighted by atomic mass is 127. The van der Waals surface area contributed by atoms with Crippen LogP contribution in [0.1, 0.15) is 12.5 Å². The first-order valence-corrected chi connectivity index (χ1v) is 7.42. The summed E-state index contributed by atoms with van der Waals surface area (Å²) in [7, 11) is 0. The summed E-state index contributed by atoms with van der Waals surface area (Å²) < 4.78 is 6.72. The molecule has 0 radical (unpaired) electrons. The molecule has 2 rings (SSSR count). The number of amides is 1.